The van der Waals surface area contributed by atoms with Gasteiger partial charge in [0.25, 0.3) is 11.8 Å². The van der Waals surface area contributed by atoms with Gasteiger partial charge in [0, 0.05) is 30.0 Å². The number of H-pyrrole nitrogens is 1. The number of carboxylic acids is 1. The lowest BCUT2D eigenvalue weighted by Gasteiger charge is -2.24. The number of amides is 3. The van der Waals surface area contributed by atoms with E-state index < -0.39 is 66.1 Å². The number of hydrogen-bond donors (Lipinski definition) is 7. The van der Waals surface area contributed by atoms with E-state index in [1.165, 1.54) is 12.1 Å². The topological polar surface area (TPSA) is 192 Å². The van der Waals surface area contributed by atoms with Gasteiger partial charge in [-0.2, -0.15) is 0 Å². The van der Waals surface area contributed by atoms with Gasteiger partial charge in [-0.05, 0) is 56.9 Å². The average Bonchev–Trinajstić information content (AvgIpc) is 3.54. The number of aliphatic hydroxyl groups excluding tert-OH is 3. The third-order valence-electron chi connectivity index (χ3n) is 7.51. The van der Waals surface area contributed by atoms with Crippen LogP contribution in [0.25, 0.3) is 11.6 Å². The molecule has 42 heavy (non-hydrogen) atoms. The van der Waals surface area contributed by atoms with E-state index in [-0.39, 0.29) is 54.7 Å². The van der Waals surface area contributed by atoms with E-state index in [0.717, 1.165) is 11.0 Å². The van der Waals surface area contributed by atoms with E-state index in [1.54, 1.807) is 13.8 Å². The number of hydrogen-bond acceptors (Lipinski definition) is 7. The monoisotopic (exact) mass is 590 g/mol. The van der Waals surface area contributed by atoms with Crippen molar-refractivity contribution in [1.29, 1.82) is 0 Å². The molecule has 1 saturated heterocycles. The van der Waals surface area contributed by atoms with Crippen LogP contribution in [0.15, 0.2) is 12.1 Å². The molecule has 2 unspecified atom stereocenters. The summed E-state index contributed by atoms with van der Waals surface area (Å²) in [5.41, 5.74) is 1.36. The Morgan fingerprint density at radius 2 is 1.90 bits per heavy atom. The van der Waals surface area contributed by atoms with Crippen molar-refractivity contribution >= 4 is 41.0 Å². The molecule has 3 heterocycles. The molecule has 1 fully saturated rings. The summed E-state index contributed by atoms with van der Waals surface area (Å²) in [6, 6.07) is 0.798. The third-order valence-corrected chi connectivity index (χ3v) is 7.51. The van der Waals surface area contributed by atoms with Crippen molar-refractivity contribution in [3.63, 3.8) is 0 Å². The second-order valence-electron chi connectivity index (χ2n) is 10.5. The van der Waals surface area contributed by atoms with Gasteiger partial charge in [0.2, 0.25) is 5.91 Å². The van der Waals surface area contributed by atoms with Crippen LogP contribution in [0, 0.1) is 25.5 Å². The molecule has 0 saturated carbocycles. The molecule has 14 heteroatoms. The second-order valence-corrected chi connectivity index (χ2v) is 10.5. The van der Waals surface area contributed by atoms with E-state index in [2.05, 4.69) is 15.6 Å². The number of carboxylic acid groups (broad SMARTS) is 1. The van der Waals surface area contributed by atoms with Gasteiger partial charge in [-0.3, -0.25) is 14.4 Å². The van der Waals surface area contributed by atoms with E-state index in [0.29, 0.717) is 17.0 Å². The lowest BCUT2D eigenvalue weighted by atomic mass is 10.0. The van der Waals surface area contributed by atoms with Crippen LogP contribution in [0.1, 0.15) is 58.6 Å². The molecule has 0 radical (unpaired) electrons. The SMILES string of the molecule is Cc1[nH]c(/C=C2\C(=O)Nc3ccc(F)c(F)c32)c(C)c1C(=O)NCC[C@@H](O)C[C@@H](O)CC(=O)N1CCC(O)C1C(=O)O. The first-order chi connectivity index (χ1) is 19.8. The molecular formula is C28H32F2N4O8. The Kier molecular flexibility index (Phi) is 9.09. The van der Waals surface area contributed by atoms with Crippen molar-refractivity contribution in [2.24, 2.45) is 0 Å². The molecule has 12 nitrogen and oxygen atoms in total. The average molecular weight is 591 g/mol. The smallest absolute Gasteiger partial charge is 0.329 e. The fourth-order valence-electron chi connectivity index (χ4n) is 5.39. The summed E-state index contributed by atoms with van der Waals surface area (Å²) in [6.07, 6.45) is -2.68. The first-order valence-electron chi connectivity index (χ1n) is 13.3. The van der Waals surface area contributed by atoms with Gasteiger partial charge in [0.05, 0.1) is 41.6 Å². The standard InChI is InChI=1S/C28H32F2N4O8/c1-12-19(11-16-23-18(33-26(16)39)4-3-17(29)24(23)30)32-13(2)22(12)27(40)31-7-5-14(35)9-15(36)10-21(38)34-8-6-20(37)25(34)28(41)42/h3-4,11,14-15,20,25,32,35-37H,5-10H2,1-2H3,(H,31,40)(H,33,39)(H,41,42)/b16-11-/t14-,15-,20?,25?/m1/s1. The minimum absolute atomic E-state index is 0.0147. The predicted molar refractivity (Wildman–Crippen MR) is 145 cm³/mol. The number of nitrogens with one attached hydrogen (secondary N) is 3. The van der Waals surface area contributed by atoms with Crippen molar-refractivity contribution < 1.29 is 48.4 Å². The third kappa shape index (κ3) is 6.20. The molecule has 1 aromatic carbocycles. The zero-order chi connectivity index (χ0) is 30.9. The number of aromatic amines is 1. The number of likely N-dealkylation sites (tertiary alicyclic amines) is 1. The Morgan fingerprint density at radius 3 is 2.60 bits per heavy atom. The molecule has 7 N–H and O–H groups in total. The van der Waals surface area contributed by atoms with Gasteiger partial charge < -0.3 is 40.9 Å². The number of carbonyl (C=O) groups is 4. The van der Waals surface area contributed by atoms with Crippen molar-refractivity contribution in [2.75, 3.05) is 18.4 Å². The van der Waals surface area contributed by atoms with Gasteiger partial charge >= 0.3 is 5.97 Å². The molecule has 2 aliphatic heterocycles. The second kappa shape index (κ2) is 12.4. The maximum absolute atomic E-state index is 14.4. The van der Waals surface area contributed by atoms with Crippen LogP contribution in [0.4, 0.5) is 14.5 Å². The largest absolute Gasteiger partial charge is 0.480 e. The molecule has 2 aliphatic rings. The van der Waals surface area contributed by atoms with Gasteiger partial charge in [0.1, 0.15) is 0 Å². The highest BCUT2D eigenvalue weighted by atomic mass is 19.2. The van der Waals surface area contributed by atoms with Crippen LogP contribution < -0.4 is 10.6 Å². The molecule has 0 bridgehead atoms. The number of halogens is 2. The maximum Gasteiger partial charge on any atom is 0.329 e. The van der Waals surface area contributed by atoms with Crippen molar-refractivity contribution in [3.05, 3.63) is 51.8 Å². The Hall–Kier alpha value is -4.14. The molecule has 4 atom stereocenters. The molecule has 0 spiro atoms. The number of rotatable bonds is 10. The number of fused-ring (bicyclic) bond motifs is 1. The van der Waals surface area contributed by atoms with Crippen LogP contribution in [0.3, 0.4) is 0 Å². The van der Waals surface area contributed by atoms with Crippen LogP contribution >= 0.6 is 0 Å². The summed E-state index contributed by atoms with van der Waals surface area (Å²) in [5.74, 6) is -5.37. The lowest BCUT2D eigenvalue weighted by Crippen LogP contribution is -2.46. The van der Waals surface area contributed by atoms with Gasteiger partial charge in [-0.1, -0.05) is 0 Å². The maximum atomic E-state index is 14.4. The number of aliphatic hydroxyl groups is 3. The molecule has 1 aromatic heterocycles. The lowest BCUT2D eigenvalue weighted by molar-refractivity contribution is -0.152. The van der Waals surface area contributed by atoms with Crippen molar-refractivity contribution in [2.45, 2.75) is 63.9 Å². The molecule has 3 amide bonds. The van der Waals surface area contributed by atoms with E-state index in [4.69, 9.17) is 0 Å². The number of anilines is 1. The Morgan fingerprint density at radius 1 is 1.19 bits per heavy atom. The zero-order valence-corrected chi connectivity index (χ0v) is 22.9. The Bertz CT molecular complexity index is 1460. The van der Waals surface area contributed by atoms with Crippen LogP contribution in [-0.4, -0.2) is 91.4 Å². The summed E-state index contributed by atoms with van der Waals surface area (Å²) >= 11 is 0. The number of aryl methyl sites for hydroxylation is 1. The molecular weight excluding hydrogens is 558 g/mol. The van der Waals surface area contributed by atoms with Crippen LogP contribution in [-0.2, 0) is 14.4 Å². The highest BCUT2D eigenvalue weighted by Crippen LogP contribution is 2.36. The fraction of sp³-hybridized carbons (Fsp3) is 0.429. The minimum Gasteiger partial charge on any atom is -0.480 e. The summed E-state index contributed by atoms with van der Waals surface area (Å²) in [4.78, 5) is 53.1. The van der Waals surface area contributed by atoms with Crippen LogP contribution in [0.5, 0.6) is 0 Å². The highest BCUT2D eigenvalue weighted by Gasteiger charge is 2.41. The number of carbonyl (C=O) groups excluding carboxylic acids is 3. The molecule has 0 aliphatic carbocycles. The summed E-state index contributed by atoms with van der Waals surface area (Å²) in [6.45, 7) is 3.31. The summed E-state index contributed by atoms with van der Waals surface area (Å²) in [5, 5.41) is 44.7. The van der Waals surface area contributed by atoms with Crippen LogP contribution in [0.2, 0.25) is 0 Å². The van der Waals surface area contributed by atoms with E-state index in [1.807, 2.05) is 0 Å². The fourth-order valence-corrected chi connectivity index (χ4v) is 5.39. The normalized spacial score (nSPS) is 20.4. The van der Waals surface area contributed by atoms with Gasteiger partial charge in [-0.15, -0.1) is 0 Å². The summed E-state index contributed by atoms with van der Waals surface area (Å²) < 4.78 is 28.3. The zero-order valence-electron chi connectivity index (χ0n) is 22.9. The predicted octanol–water partition coefficient (Wildman–Crippen LogP) is 1.07. The first-order valence-corrected chi connectivity index (χ1v) is 13.3. The van der Waals surface area contributed by atoms with Gasteiger partial charge in [0.15, 0.2) is 17.7 Å². The number of benzene rings is 1. The highest BCUT2D eigenvalue weighted by molar-refractivity contribution is 6.35. The number of aromatic nitrogens is 1. The van der Waals surface area contributed by atoms with Gasteiger partial charge in [-0.25, -0.2) is 13.6 Å². The summed E-state index contributed by atoms with van der Waals surface area (Å²) in [7, 11) is 0. The van der Waals surface area contributed by atoms with E-state index >= 15 is 0 Å². The quantitative estimate of drug-likeness (QED) is 0.200. The molecule has 226 valence electrons. The van der Waals surface area contributed by atoms with E-state index in [9.17, 15) is 48.4 Å². The molecule has 2 aromatic rings. The number of nitrogens with zero attached hydrogens (tertiary/aromatic N) is 1. The Balaban J connectivity index is 1.33. The number of aliphatic carboxylic acids is 1. The van der Waals surface area contributed by atoms with Crippen molar-refractivity contribution in [3.8, 4) is 0 Å². The molecule has 4 rings (SSSR count). The first kappa shape index (κ1) is 30.8. The minimum atomic E-state index is -1.38. The Labute approximate surface area is 239 Å². The van der Waals surface area contributed by atoms with Crippen molar-refractivity contribution in [1.82, 2.24) is 15.2 Å².